The third-order valence-electron chi connectivity index (χ3n) is 13.7. The summed E-state index contributed by atoms with van der Waals surface area (Å²) < 4.78 is 24.5. The summed E-state index contributed by atoms with van der Waals surface area (Å²) in [5.41, 5.74) is 0.282. The highest BCUT2D eigenvalue weighted by Gasteiger charge is 2.65. The predicted molar refractivity (Wildman–Crippen MR) is 157 cm³/mol. The molecule has 1 spiro atoms. The zero-order chi connectivity index (χ0) is 29.3. The summed E-state index contributed by atoms with van der Waals surface area (Å²) in [6, 6.07) is 0.611. The molecule has 0 aromatic heterocycles. The lowest BCUT2D eigenvalue weighted by molar-refractivity contribution is -0.204. The second-order valence-electron chi connectivity index (χ2n) is 15.6. The van der Waals surface area contributed by atoms with E-state index in [1.54, 1.807) is 13.8 Å². The molecule has 0 bridgehead atoms. The van der Waals surface area contributed by atoms with Gasteiger partial charge in [0.25, 0.3) is 0 Å². The lowest BCUT2D eigenvalue weighted by atomic mass is 9.44. The van der Waals surface area contributed by atoms with Gasteiger partial charge in [0.2, 0.25) is 0 Å². The number of esters is 2. The first-order chi connectivity index (χ1) is 20.1. The first-order valence-corrected chi connectivity index (χ1v) is 17.2. The summed E-state index contributed by atoms with van der Waals surface area (Å²) in [6.45, 7) is 13.8. The molecule has 0 aromatic rings. The molecule has 8 heteroatoms. The van der Waals surface area contributed by atoms with Gasteiger partial charge in [-0.1, -0.05) is 13.8 Å². The van der Waals surface area contributed by atoms with E-state index in [9.17, 15) is 9.59 Å². The summed E-state index contributed by atoms with van der Waals surface area (Å²) in [6.07, 6.45) is 12.3. The van der Waals surface area contributed by atoms with Crippen molar-refractivity contribution < 1.29 is 28.5 Å². The predicted octanol–water partition coefficient (Wildman–Crippen LogP) is 4.78. The number of carbonyl (C=O) groups is 2. The van der Waals surface area contributed by atoms with Gasteiger partial charge in [-0.05, 0) is 100.0 Å². The molecule has 236 valence electrons. The van der Waals surface area contributed by atoms with Crippen molar-refractivity contribution in [2.24, 2.45) is 34.5 Å². The highest BCUT2D eigenvalue weighted by molar-refractivity contribution is 5.66. The fourth-order valence-electron chi connectivity index (χ4n) is 11.7. The van der Waals surface area contributed by atoms with Crippen molar-refractivity contribution in [1.29, 1.82) is 0 Å². The van der Waals surface area contributed by atoms with Crippen LogP contribution in [0.5, 0.6) is 0 Å². The Labute approximate surface area is 252 Å². The van der Waals surface area contributed by atoms with Gasteiger partial charge in [0.1, 0.15) is 12.2 Å². The van der Waals surface area contributed by atoms with Gasteiger partial charge in [-0.2, -0.15) is 0 Å². The van der Waals surface area contributed by atoms with Gasteiger partial charge in [-0.15, -0.1) is 0 Å². The quantitative estimate of drug-likeness (QED) is 0.436. The molecule has 0 aromatic carbocycles. The molecule has 8 nitrogen and oxygen atoms in total. The molecule has 3 saturated heterocycles. The van der Waals surface area contributed by atoms with Crippen molar-refractivity contribution in [2.45, 2.75) is 128 Å². The minimum Gasteiger partial charge on any atom is -0.461 e. The molecule has 3 aliphatic heterocycles. The van der Waals surface area contributed by atoms with Crippen LogP contribution < -0.4 is 0 Å². The van der Waals surface area contributed by atoms with Crippen LogP contribution in [0.4, 0.5) is 0 Å². The van der Waals surface area contributed by atoms with E-state index in [1.807, 2.05) is 0 Å². The number of rotatable bonds is 4. The van der Waals surface area contributed by atoms with Crippen LogP contribution >= 0.6 is 0 Å². The van der Waals surface area contributed by atoms with Crippen LogP contribution in [-0.4, -0.2) is 91.2 Å². The maximum absolute atomic E-state index is 12.4. The highest BCUT2D eigenvalue weighted by Crippen LogP contribution is 2.67. The molecule has 3 heterocycles. The second-order valence-corrected chi connectivity index (χ2v) is 15.6. The second kappa shape index (κ2) is 11.0. The van der Waals surface area contributed by atoms with Crippen LogP contribution in [0.1, 0.15) is 98.3 Å². The van der Waals surface area contributed by atoms with Crippen LogP contribution in [0.2, 0.25) is 0 Å². The molecule has 0 radical (unpaired) electrons. The Morgan fingerprint density at radius 3 is 2.07 bits per heavy atom. The zero-order valence-corrected chi connectivity index (χ0v) is 26.5. The van der Waals surface area contributed by atoms with E-state index in [1.165, 1.54) is 38.5 Å². The van der Waals surface area contributed by atoms with Crippen LogP contribution in [0.25, 0.3) is 0 Å². The number of carbonyl (C=O) groups excluding carboxylic acids is 2. The van der Waals surface area contributed by atoms with Crippen molar-refractivity contribution in [1.82, 2.24) is 9.80 Å². The van der Waals surface area contributed by atoms with Gasteiger partial charge in [-0.3, -0.25) is 19.4 Å². The van der Waals surface area contributed by atoms with E-state index in [0.29, 0.717) is 42.9 Å². The number of piperidine rings is 1. The first-order valence-electron chi connectivity index (χ1n) is 17.2. The Morgan fingerprint density at radius 2 is 1.40 bits per heavy atom. The Hall–Kier alpha value is -1.22. The van der Waals surface area contributed by atoms with Crippen LogP contribution in [-0.2, 0) is 28.5 Å². The van der Waals surface area contributed by atoms with E-state index in [0.717, 1.165) is 58.3 Å². The lowest BCUT2D eigenvalue weighted by Gasteiger charge is -2.62. The summed E-state index contributed by atoms with van der Waals surface area (Å²) >= 11 is 0. The molecule has 4 saturated carbocycles. The van der Waals surface area contributed by atoms with Crippen LogP contribution in [0.15, 0.2) is 0 Å². The Balaban J connectivity index is 1.14. The number of ether oxygens (including phenoxy) is 4. The number of nitrogens with zero attached hydrogens (tertiary/aromatic N) is 2. The SMILES string of the molecule is CC(=O)O[C@H]1C[C@@H]2CC[C@@H]3[C@H](CC[C@@]4(C)[C@H]3C[C@H](N3CCCC3)[C@@H]4OC(C)=O)[C@@]2(C)C[C@@H]1N1CCC2(CC1)OCCO2. The number of fused-ring (bicyclic) bond motifs is 5. The Kier molecular flexibility index (Phi) is 7.72. The minimum atomic E-state index is -0.398. The van der Waals surface area contributed by atoms with E-state index < -0.39 is 5.79 Å². The molecule has 42 heavy (non-hydrogen) atoms. The standard InChI is InChI=1S/C34H54N2O6/c1-22(37)41-30-19-24-7-8-25-26(33(24,4)21-29(30)36-15-11-34(12-16-36)39-17-18-40-34)9-10-32(3)27(25)20-28(31(32)42-23(2)38)35-13-5-6-14-35/h24-31H,5-21H2,1-4H3/t24-,25+,26-,27-,28-,29-,30-,31-,32-,33-/m0/s1. The van der Waals surface area contributed by atoms with Gasteiger partial charge in [0, 0.05) is 57.3 Å². The van der Waals surface area contributed by atoms with Crippen molar-refractivity contribution in [2.75, 3.05) is 39.4 Å². The topological polar surface area (TPSA) is 77.5 Å². The van der Waals surface area contributed by atoms with Crippen LogP contribution in [0.3, 0.4) is 0 Å². The van der Waals surface area contributed by atoms with Crippen LogP contribution in [0, 0.1) is 34.5 Å². The number of likely N-dealkylation sites (tertiary alicyclic amines) is 2. The summed E-state index contributed by atoms with van der Waals surface area (Å²) in [5.74, 6) is 1.86. The summed E-state index contributed by atoms with van der Waals surface area (Å²) in [7, 11) is 0. The van der Waals surface area contributed by atoms with Gasteiger partial charge in [0.15, 0.2) is 5.79 Å². The maximum Gasteiger partial charge on any atom is 0.302 e. The van der Waals surface area contributed by atoms with Crippen molar-refractivity contribution >= 4 is 11.9 Å². The van der Waals surface area contributed by atoms with Crippen molar-refractivity contribution in [3.8, 4) is 0 Å². The molecule has 0 unspecified atom stereocenters. The van der Waals surface area contributed by atoms with Gasteiger partial charge in [0.05, 0.1) is 13.2 Å². The summed E-state index contributed by atoms with van der Waals surface area (Å²) in [5, 5.41) is 0. The average Bonchev–Trinajstić information content (AvgIpc) is 3.69. The molecular weight excluding hydrogens is 532 g/mol. The van der Waals surface area contributed by atoms with E-state index in [-0.39, 0.29) is 41.0 Å². The third-order valence-corrected chi connectivity index (χ3v) is 13.7. The molecule has 4 aliphatic carbocycles. The van der Waals surface area contributed by atoms with Gasteiger partial charge >= 0.3 is 11.9 Å². The van der Waals surface area contributed by atoms with E-state index >= 15 is 0 Å². The van der Waals surface area contributed by atoms with E-state index in [2.05, 4.69) is 23.6 Å². The van der Waals surface area contributed by atoms with Crippen molar-refractivity contribution in [3.05, 3.63) is 0 Å². The highest BCUT2D eigenvalue weighted by atomic mass is 16.7. The van der Waals surface area contributed by atoms with Gasteiger partial charge < -0.3 is 18.9 Å². The normalized spacial score (nSPS) is 47.0. The molecule has 7 aliphatic rings. The lowest BCUT2D eigenvalue weighted by Crippen LogP contribution is -2.62. The Morgan fingerprint density at radius 1 is 0.738 bits per heavy atom. The molecule has 0 N–H and O–H groups in total. The minimum absolute atomic E-state index is 0.0118. The number of hydrogen-bond donors (Lipinski definition) is 0. The molecular formula is C34H54N2O6. The molecule has 10 atom stereocenters. The van der Waals surface area contributed by atoms with Crippen molar-refractivity contribution in [3.63, 3.8) is 0 Å². The monoisotopic (exact) mass is 586 g/mol. The molecule has 7 rings (SSSR count). The Bertz CT molecular complexity index is 1030. The third kappa shape index (κ3) is 4.85. The zero-order valence-electron chi connectivity index (χ0n) is 26.5. The fourth-order valence-corrected chi connectivity index (χ4v) is 11.7. The summed E-state index contributed by atoms with van der Waals surface area (Å²) in [4.78, 5) is 29.9. The van der Waals surface area contributed by atoms with E-state index in [4.69, 9.17) is 18.9 Å². The average molecular weight is 587 g/mol. The van der Waals surface area contributed by atoms with Gasteiger partial charge in [-0.25, -0.2) is 0 Å². The molecule has 0 amide bonds. The maximum atomic E-state index is 12.4. The first kappa shape index (κ1) is 29.5. The molecule has 7 fully saturated rings. The fraction of sp³-hybridized carbons (Fsp3) is 0.941. The number of hydrogen-bond acceptors (Lipinski definition) is 8. The smallest absolute Gasteiger partial charge is 0.302 e. The largest absolute Gasteiger partial charge is 0.461 e.